The average molecular weight is 357 g/mol. The largest absolute Gasteiger partial charge is 0.502 e. The highest BCUT2D eigenvalue weighted by Gasteiger charge is 2.37. The quantitative estimate of drug-likeness (QED) is 0.659. The van der Waals surface area contributed by atoms with Crippen molar-refractivity contribution in [1.29, 1.82) is 0 Å². The summed E-state index contributed by atoms with van der Waals surface area (Å²) < 4.78 is 37.5. The van der Waals surface area contributed by atoms with E-state index in [1.54, 1.807) is 18.2 Å². The maximum Gasteiger partial charge on any atom is 0.261 e. The third kappa shape index (κ3) is 2.50. The van der Waals surface area contributed by atoms with E-state index in [0.29, 0.717) is 30.0 Å². The van der Waals surface area contributed by atoms with Gasteiger partial charge in [0.2, 0.25) is 11.5 Å². The van der Waals surface area contributed by atoms with Crippen LogP contribution in [0.4, 0.5) is 5.88 Å². The van der Waals surface area contributed by atoms with Gasteiger partial charge in [-0.1, -0.05) is 6.07 Å². The van der Waals surface area contributed by atoms with Crippen LogP contribution in [0.5, 0.6) is 23.0 Å². The second-order valence-corrected chi connectivity index (χ2v) is 7.38. The molecule has 0 unspecified atom stereocenters. The van der Waals surface area contributed by atoms with Crippen LogP contribution in [0.25, 0.3) is 11.3 Å². The summed E-state index contributed by atoms with van der Waals surface area (Å²) in [5.41, 5.74) is 0.317. The van der Waals surface area contributed by atoms with Gasteiger partial charge in [0.1, 0.15) is 17.1 Å². The van der Waals surface area contributed by atoms with Crippen molar-refractivity contribution in [1.82, 2.24) is 0 Å². The van der Waals surface area contributed by atoms with Gasteiger partial charge in [-0.25, -0.2) is 4.31 Å². The van der Waals surface area contributed by atoms with Crippen LogP contribution in [0, 0.1) is 0 Å². The standard InChI is InChI=1S/C15H19NO7S/c1-21-9-5-3-6-10(22-2)11(9)14-12(17)13(18)15(23-14)16-7-4-8-24(16,19)20/h3,5-6,17-20H,4,7-8H2,1-2H3. The fourth-order valence-corrected chi connectivity index (χ4v) is 4.26. The Hall–Kier alpha value is -2.23. The van der Waals surface area contributed by atoms with Crippen LogP contribution in [0.2, 0.25) is 0 Å². The molecule has 1 aliphatic rings. The number of nitrogens with zero attached hydrogens (tertiary/aromatic N) is 1. The topological polar surface area (TPSA) is 116 Å². The number of hydrogen-bond acceptors (Lipinski definition) is 8. The summed E-state index contributed by atoms with van der Waals surface area (Å²) in [5, 5.41) is 20.5. The predicted octanol–water partition coefficient (Wildman–Crippen LogP) is 3.25. The molecule has 0 spiro atoms. The lowest BCUT2D eigenvalue weighted by Crippen LogP contribution is -2.21. The lowest BCUT2D eigenvalue weighted by atomic mass is 10.1. The number of methoxy groups -OCH3 is 2. The zero-order valence-electron chi connectivity index (χ0n) is 13.2. The van der Waals surface area contributed by atoms with Gasteiger partial charge < -0.3 is 24.1 Å². The number of rotatable bonds is 4. The molecule has 1 saturated heterocycles. The van der Waals surface area contributed by atoms with Crippen LogP contribution in [-0.2, 0) is 0 Å². The number of furan rings is 1. The van der Waals surface area contributed by atoms with Crippen LogP contribution >= 0.6 is 10.8 Å². The Kier molecular flexibility index (Phi) is 4.16. The third-order valence-electron chi connectivity index (χ3n) is 3.85. The Balaban J connectivity index is 2.17. The van der Waals surface area contributed by atoms with E-state index in [1.807, 2.05) is 0 Å². The predicted molar refractivity (Wildman–Crippen MR) is 90.3 cm³/mol. The fraction of sp³-hybridized carbons (Fsp3) is 0.333. The minimum absolute atomic E-state index is 0.0705. The highest BCUT2D eigenvalue weighted by Crippen LogP contribution is 2.58. The number of aromatic hydroxyl groups is 2. The minimum atomic E-state index is -3.07. The summed E-state index contributed by atoms with van der Waals surface area (Å²) in [7, 11) is -0.165. The molecule has 0 amide bonds. The van der Waals surface area contributed by atoms with Crippen molar-refractivity contribution in [3.8, 4) is 34.3 Å². The molecule has 2 aromatic rings. The normalized spacial score (nSPS) is 17.8. The van der Waals surface area contributed by atoms with Crippen LogP contribution in [0.15, 0.2) is 22.6 Å². The molecule has 1 aromatic carbocycles. The van der Waals surface area contributed by atoms with Gasteiger partial charge in [-0.2, -0.15) is 0 Å². The smallest absolute Gasteiger partial charge is 0.261 e. The third-order valence-corrected chi connectivity index (χ3v) is 5.75. The van der Waals surface area contributed by atoms with Gasteiger partial charge in [-0.15, -0.1) is 10.8 Å². The molecule has 0 aliphatic carbocycles. The Morgan fingerprint density at radius 1 is 1.08 bits per heavy atom. The van der Waals surface area contributed by atoms with Crippen LogP contribution < -0.4 is 13.8 Å². The number of ether oxygens (including phenoxy) is 2. The van der Waals surface area contributed by atoms with Gasteiger partial charge in [0.05, 0.1) is 20.0 Å². The van der Waals surface area contributed by atoms with Gasteiger partial charge in [0, 0.05) is 6.54 Å². The molecule has 0 saturated carbocycles. The summed E-state index contributed by atoms with van der Waals surface area (Å²) in [6, 6.07) is 5.01. The zero-order chi connectivity index (χ0) is 17.5. The number of anilines is 1. The van der Waals surface area contributed by atoms with Gasteiger partial charge in [-0.05, 0) is 18.6 Å². The second kappa shape index (κ2) is 6.00. The molecule has 1 aliphatic heterocycles. The molecule has 8 nitrogen and oxygen atoms in total. The van der Waals surface area contributed by atoms with Crippen molar-refractivity contribution >= 4 is 16.7 Å². The average Bonchev–Trinajstić information content (AvgIpc) is 3.06. The van der Waals surface area contributed by atoms with Crippen molar-refractivity contribution in [2.75, 3.05) is 30.8 Å². The summed E-state index contributed by atoms with van der Waals surface area (Å²) in [5.74, 6) is -0.404. The van der Waals surface area contributed by atoms with Crippen molar-refractivity contribution in [2.45, 2.75) is 6.42 Å². The molecular weight excluding hydrogens is 338 g/mol. The van der Waals surface area contributed by atoms with Gasteiger partial charge in [0.15, 0.2) is 5.76 Å². The Bertz CT molecular complexity index is 736. The van der Waals surface area contributed by atoms with Gasteiger partial charge in [-0.3, -0.25) is 9.11 Å². The Morgan fingerprint density at radius 3 is 2.21 bits per heavy atom. The first-order chi connectivity index (χ1) is 11.4. The van der Waals surface area contributed by atoms with E-state index in [9.17, 15) is 19.3 Å². The monoisotopic (exact) mass is 357 g/mol. The van der Waals surface area contributed by atoms with Crippen molar-refractivity contribution in [2.24, 2.45) is 0 Å². The lowest BCUT2D eigenvalue weighted by molar-refractivity contribution is 0.391. The molecule has 1 fully saturated rings. The van der Waals surface area contributed by atoms with E-state index in [0.717, 1.165) is 0 Å². The van der Waals surface area contributed by atoms with E-state index in [-0.39, 0.29) is 17.4 Å². The number of hydrogen-bond donors (Lipinski definition) is 4. The first-order valence-electron chi connectivity index (χ1n) is 7.20. The van der Waals surface area contributed by atoms with E-state index in [1.165, 1.54) is 18.5 Å². The summed E-state index contributed by atoms with van der Waals surface area (Å²) in [4.78, 5) is 0. The molecule has 4 N–H and O–H groups in total. The van der Waals surface area contributed by atoms with Crippen molar-refractivity contribution < 1.29 is 33.2 Å². The summed E-state index contributed by atoms with van der Waals surface area (Å²) >= 11 is 0. The van der Waals surface area contributed by atoms with Crippen molar-refractivity contribution in [3.63, 3.8) is 0 Å². The first kappa shape index (κ1) is 16.6. The van der Waals surface area contributed by atoms with Crippen molar-refractivity contribution in [3.05, 3.63) is 18.2 Å². The van der Waals surface area contributed by atoms with Crippen LogP contribution in [0.1, 0.15) is 6.42 Å². The maximum absolute atomic E-state index is 10.3. The second-order valence-electron chi connectivity index (χ2n) is 5.26. The minimum Gasteiger partial charge on any atom is -0.502 e. The van der Waals surface area contributed by atoms with Gasteiger partial charge >= 0.3 is 0 Å². The summed E-state index contributed by atoms with van der Waals surface area (Å²) in [6.45, 7) is 0.297. The number of benzene rings is 1. The Morgan fingerprint density at radius 2 is 1.71 bits per heavy atom. The van der Waals surface area contributed by atoms with Crippen LogP contribution in [0.3, 0.4) is 0 Å². The highest BCUT2D eigenvalue weighted by atomic mass is 32.3. The summed E-state index contributed by atoms with van der Waals surface area (Å²) in [6.07, 6.45) is 0.538. The van der Waals surface area contributed by atoms with Crippen LogP contribution in [-0.4, -0.2) is 45.8 Å². The zero-order valence-corrected chi connectivity index (χ0v) is 14.0. The van der Waals surface area contributed by atoms with E-state index in [2.05, 4.69) is 0 Å². The molecule has 9 heteroatoms. The molecule has 2 heterocycles. The van der Waals surface area contributed by atoms with E-state index < -0.39 is 22.3 Å². The lowest BCUT2D eigenvalue weighted by Gasteiger charge is -2.35. The maximum atomic E-state index is 10.3. The highest BCUT2D eigenvalue weighted by molar-refractivity contribution is 8.25. The fourth-order valence-electron chi connectivity index (χ4n) is 2.71. The molecule has 132 valence electrons. The molecule has 24 heavy (non-hydrogen) atoms. The van der Waals surface area contributed by atoms with E-state index >= 15 is 0 Å². The molecule has 0 radical (unpaired) electrons. The SMILES string of the molecule is COc1cccc(OC)c1-c1oc(N2CCCS2(O)O)c(O)c1O. The molecule has 3 rings (SSSR count). The van der Waals surface area contributed by atoms with Gasteiger partial charge in [0.25, 0.3) is 5.88 Å². The molecule has 1 aromatic heterocycles. The molecule has 0 atom stereocenters. The Labute approximate surface area is 140 Å². The molecular formula is C15H19NO7S. The van der Waals surface area contributed by atoms with E-state index in [4.69, 9.17) is 13.9 Å². The first-order valence-corrected chi connectivity index (χ1v) is 8.87. The molecule has 0 bridgehead atoms.